The summed E-state index contributed by atoms with van der Waals surface area (Å²) in [6.45, 7) is 2.72. The summed E-state index contributed by atoms with van der Waals surface area (Å²) >= 11 is 0. The third-order valence-corrected chi connectivity index (χ3v) is 6.47. The van der Waals surface area contributed by atoms with Gasteiger partial charge in [-0.25, -0.2) is 8.42 Å². The molecule has 0 radical (unpaired) electrons. The summed E-state index contributed by atoms with van der Waals surface area (Å²) in [6.07, 6.45) is -4.79. The van der Waals surface area contributed by atoms with Crippen LogP contribution in [0.1, 0.15) is 6.92 Å². The van der Waals surface area contributed by atoms with Crippen molar-refractivity contribution in [1.82, 2.24) is 4.31 Å². The van der Waals surface area contributed by atoms with Gasteiger partial charge in [-0.05, 0) is 49.4 Å². The molecule has 2 aromatic carbocycles. The van der Waals surface area contributed by atoms with Gasteiger partial charge in [0.15, 0.2) is 0 Å². The Labute approximate surface area is 183 Å². The number of benzene rings is 2. The Balaban J connectivity index is 1.62. The van der Waals surface area contributed by atoms with Gasteiger partial charge in [-0.3, -0.25) is 4.79 Å². The Morgan fingerprint density at radius 3 is 2.38 bits per heavy atom. The van der Waals surface area contributed by atoms with E-state index in [1.165, 1.54) is 34.6 Å². The lowest BCUT2D eigenvalue weighted by Gasteiger charge is -2.26. The molecule has 1 atom stereocenters. The second-order valence-corrected chi connectivity index (χ2v) is 8.91. The van der Waals surface area contributed by atoms with Gasteiger partial charge in [0.2, 0.25) is 15.9 Å². The SMILES string of the molecule is C[C@@H](Nc1ccc(OC(F)(F)F)cc1)C(=O)Nc1cccc(S(=O)(=O)N2CCOCC2)c1. The molecular weight excluding hydrogens is 451 g/mol. The lowest BCUT2D eigenvalue weighted by molar-refractivity contribution is -0.274. The third-order valence-electron chi connectivity index (χ3n) is 4.57. The molecule has 2 aromatic rings. The van der Waals surface area contributed by atoms with E-state index in [0.717, 1.165) is 12.1 Å². The molecule has 0 spiro atoms. The monoisotopic (exact) mass is 473 g/mol. The van der Waals surface area contributed by atoms with E-state index in [9.17, 15) is 26.4 Å². The molecule has 12 heteroatoms. The summed E-state index contributed by atoms with van der Waals surface area (Å²) in [7, 11) is -3.71. The standard InChI is InChI=1S/C20H22F3N3O5S/c1-14(24-15-5-7-17(8-6-15)31-20(21,22)23)19(27)25-16-3-2-4-18(13-16)32(28,29)26-9-11-30-12-10-26/h2-8,13-14,24H,9-12H2,1H3,(H,25,27)/t14-/m1/s1. The van der Waals surface area contributed by atoms with Crippen LogP contribution in [-0.4, -0.2) is 57.3 Å². The van der Waals surface area contributed by atoms with E-state index in [1.54, 1.807) is 13.0 Å². The van der Waals surface area contributed by atoms with Crippen LogP contribution < -0.4 is 15.4 Å². The molecular formula is C20H22F3N3O5S. The summed E-state index contributed by atoms with van der Waals surface area (Å²) < 4.78 is 72.6. The maximum Gasteiger partial charge on any atom is 0.573 e. The smallest absolute Gasteiger partial charge is 0.406 e. The first kappa shape index (κ1) is 23.8. The molecule has 1 saturated heterocycles. The van der Waals surface area contributed by atoms with Crippen molar-refractivity contribution in [3.05, 3.63) is 48.5 Å². The van der Waals surface area contributed by atoms with Crippen molar-refractivity contribution in [2.75, 3.05) is 36.9 Å². The van der Waals surface area contributed by atoms with E-state index in [0.29, 0.717) is 24.6 Å². The highest BCUT2D eigenvalue weighted by atomic mass is 32.2. The maximum atomic E-state index is 12.8. The van der Waals surface area contributed by atoms with Gasteiger partial charge in [0.1, 0.15) is 11.8 Å². The fraction of sp³-hybridized carbons (Fsp3) is 0.350. The van der Waals surface area contributed by atoms with Gasteiger partial charge in [-0.2, -0.15) is 4.31 Å². The summed E-state index contributed by atoms with van der Waals surface area (Å²) in [5.74, 6) is -0.833. The van der Waals surface area contributed by atoms with E-state index in [4.69, 9.17) is 4.74 Å². The Bertz CT molecular complexity index is 1040. The first-order valence-electron chi connectivity index (χ1n) is 9.66. The number of hydrogen-bond acceptors (Lipinski definition) is 6. The predicted octanol–water partition coefficient (Wildman–Crippen LogP) is 3.05. The molecule has 1 fully saturated rings. The van der Waals surface area contributed by atoms with Crippen LogP contribution in [0.2, 0.25) is 0 Å². The van der Waals surface area contributed by atoms with Crippen LogP contribution in [0.15, 0.2) is 53.4 Å². The topological polar surface area (TPSA) is 97.0 Å². The van der Waals surface area contributed by atoms with Crippen molar-refractivity contribution in [1.29, 1.82) is 0 Å². The molecule has 1 aliphatic heterocycles. The third kappa shape index (κ3) is 6.34. The van der Waals surface area contributed by atoms with Crippen molar-refractivity contribution in [2.24, 2.45) is 0 Å². The molecule has 0 saturated carbocycles. The number of nitrogens with one attached hydrogen (secondary N) is 2. The zero-order valence-corrected chi connectivity index (χ0v) is 17.9. The van der Waals surface area contributed by atoms with Crippen molar-refractivity contribution in [3.63, 3.8) is 0 Å². The first-order chi connectivity index (χ1) is 15.0. The second-order valence-electron chi connectivity index (χ2n) is 6.97. The molecule has 32 heavy (non-hydrogen) atoms. The Morgan fingerprint density at radius 1 is 1.09 bits per heavy atom. The highest BCUT2D eigenvalue weighted by molar-refractivity contribution is 7.89. The number of alkyl halides is 3. The average Bonchev–Trinajstić information content (AvgIpc) is 2.75. The number of amides is 1. The lowest BCUT2D eigenvalue weighted by Crippen LogP contribution is -2.40. The van der Waals surface area contributed by atoms with Crippen LogP contribution in [0.5, 0.6) is 5.75 Å². The molecule has 2 N–H and O–H groups in total. The maximum absolute atomic E-state index is 12.8. The van der Waals surface area contributed by atoms with E-state index < -0.39 is 28.3 Å². The second kappa shape index (κ2) is 9.76. The number of hydrogen-bond donors (Lipinski definition) is 2. The molecule has 8 nitrogen and oxygen atoms in total. The Hall–Kier alpha value is -2.83. The number of rotatable bonds is 7. The van der Waals surface area contributed by atoms with Crippen LogP contribution in [0.25, 0.3) is 0 Å². The molecule has 0 unspecified atom stereocenters. The molecule has 1 aliphatic rings. The lowest BCUT2D eigenvalue weighted by atomic mass is 10.2. The summed E-state index contributed by atoms with van der Waals surface area (Å²) in [5, 5.41) is 5.50. The van der Waals surface area contributed by atoms with Gasteiger partial charge < -0.3 is 20.1 Å². The summed E-state index contributed by atoms with van der Waals surface area (Å²) in [4.78, 5) is 12.6. The van der Waals surface area contributed by atoms with Crippen LogP contribution in [-0.2, 0) is 19.6 Å². The van der Waals surface area contributed by atoms with Crippen molar-refractivity contribution in [2.45, 2.75) is 24.2 Å². The average molecular weight is 473 g/mol. The number of carbonyl (C=O) groups excluding carboxylic acids is 1. The highest BCUT2D eigenvalue weighted by Crippen LogP contribution is 2.24. The zero-order chi connectivity index (χ0) is 23.4. The van der Waals surface area contributed by atoms with E-state index in [1.807, 2.05) is 0 Å². The number of ether oxygens (including phenoxy) is 2. The number of morpholine rings is 1. The number of carbonyl (C=O) groups is 1. The quantitative estimate of drug-likeness (QED) is 0.642. The first-order valence-corrected chi connectivity index (χ1v) is 11.1. The Kier molecular flexibility index (Phi) is 7.26. The molecule has 1 heterocycles. The predicted molar refractivity (Wildman–Crippen MR) is 111 cm³/mol. The van der Waals surface area contributed by atoms with Gasteiger partial charge in [-0.15, -0.1) is 13.2 Å². The molecule has 0 aromatic heterocycles. The van der Waals surface area contributed by atoms with Crippen molar-refractivity contribution in [3.8, 4) is 5.75 Å². The molecule has 1 amide bonds. The van der Waals surface area contributed by atoms with Crippen LogP contribution in [0, 0.1) is 0 Å². The van der Waals surface area contributed by atoms with Gasteiger partial charge in [0.05, 0.1) is 18.1 Å². The molecule has 0 bridgehead atoms. The van der Waals surface area contributed by atoms with Gasteiger partial charge in [-0.1, -0.05) is 6.07 Å². The zero-order valence-electron chi connectivity index (χ0n) is 17.1. The van der Waals surface area contributed by atoms with E-state index >= 15 is 0 Å². The Morgan fingerprint density at radius 2 is 1.75 bits per heavy atom. The summed E-state index contributed by atoms with van der Waals surface area (Å²) in [5.41, 5.74) is 0.706. The normalized spacial score (nSPS) is 16.2. The molecule has 174 valence electrons. The van der Waals surface area contributed by atoms with Crippen LogP contribution >= 0.6 is 0 Å². The fourth-order valence-electron chi connectivity index (χ4n) is 2.99. The van der Waals surface area contributed by atoms with Gasteiger partial charge in [0.25, 0.3) is 0 Å². The van der Waals surface area contributed by atoms with Crippen LogP contribution in [0.3, 0.4) is 0 Å². The highest BCUT2D eigenvalue weighted by Gasteiger charge is 2.31. The molecule has 3 rings (SSSR count). The fourth-order valence-corrected chi connectivity index (χ4v) is 4.44. The van der Waals surface area contributed by atoms with Crippen molar-refractivity contribution < 1.29 is 35.9 Å². The van der Waals surface area contributed by atoms with Gasteiger partial charge in [0, 0.05) is 24.5 Å². The number of nitrogens with zero attached hydrogens (tertiary/aromatic N) is 1. The minimum Gasteiger partial charge on any atom is -0.406 e. The van der Waals surface area contributed by atoms with Crippen molar-refractivity contribution >= 4 is 27.3 Å². The number of sulfonamides is 1. The van der Waals surface area contributed by atoms with E-state index in [-0.39, 0.29) is 23.7 Å². The summed E-state index contributed by atoms with van der Waals surface area (Å²) in [6, 6.07) is 10.1. The van der Waals surface area contributed by atoms with Crippen LogP contribution in [0.4, 0.5) is 24.5 Å². The number of anilines is 2. The van der Waals surface area contributed by atoms with E-state index in [2.05, 4.69) is 15.4 Å². The minimum atomic E-state index is -4.79. The molecule has 0 aliphatic carbocycles. The largest absolute Gasteiger partial charge is 0.573 e. The number of halogens is 3. The minimum absolute atomic E-state index is 0.0538. The van der Waals surface area contributed by atoms with Gasteiger partial charge >= 0.3 is 6.36 Å².